The molecule has 0 aromatic rings. The molecule has 0 bridgehead atoms. The van der Waals surface area contributed by atoms with Crippen LogP contribution in [0.3, 0.4) is 0 Å². The van der Waals surface area contributed by atoms with Gasteiger partial charge in [-0.2, -0.15) is 0 Å². The number of carbonyl (C=O) groups is 2. The summed E-state index contributed by atoms with van der Waals surface area (Å²) < 4.78 is 0. The van der Waals surface area contributed by atoms with Crippen LogP contribution in [-0.4, -0.2) is 45.7 Å². The van der Waals surface area contributed by atoms with Crippen LogP contribution in [0.15, 0.2) is 12.2 Å². The standard InChI is InChI=1S/C21H33NO4/c1-2-3-6-12-19(23)16-15-18-11-8-9-13-20(24)22(18)17-10-5-4-7-14-21(25)26/h15-16,18-19,23H,2-4,6-9,11-14,17H2,1H3,(H,25,26)/b16-15+/t18-,19?/m1/s1. The van der Waals surface area contributed by atoms with Crippen LogP contribution in [0.25, 0.3) is 0 Å². The lowest BCUT2D eigenvalue weighted by Gasteiger charge is -2.26. The monoisotopic (exact) mass is 363 g/mol. The molecule has 0 radical (unpaired) electrons. The van der Waals surface area contributed by atoms with E-state index >= 15 is 0 Å². The Hall–Kier alpha value is -1.80. The highest BCUT2D eigenvalue weighted by Crippen LogP contribution is 2.19. The summed E-state index contributed by atoms with van der Waals surface area (Å²) in [6.07, 6.45) is 11.9. The lowest BCUT2D eigenvalue weighted by molar-refractivity contribution is -0.137. The molecule has 1 heterocycles. The number of hydrogen-bond donors (Lipinski definition) is 2. The summed E-state index contributed by atoms with van der Waals surface area (Å²) in [5.41, 5.74) is 0. The number of carbonyl (C=O) groups excluding carboxylic acids is 1. The molecule has 1 saturated heterocycles. The van der Waals surface area contributed by atoms with E-state index in [2.05, 4.69) is 18.8 Å². The van der Waals surface area contributed by atoms with Crippen molar-refractivity contribution in [1.29, 1.82) is 0 Å². The highest BCUT2D eigenvalue weighted by Gasteiger charge is 2.23. The fourth-order valence-corrected chi connectivity index (χ4v) is 3.03. The number of carboxylic acid groups (broad SMARTS) is 1. The topological polar surface area (TPSA) is 77.8 Å². The van der Waals surface area contributed by atoms with Crippen LogP contribution in [0.1, 0.15) is 77.6 Å². The van der Waals surface area contributed by atoms with Gasteiger partial charge in [0, 0.05) is 19.3 Å². The van der Waals surface area contributed by atoms with E-state index in [1.54, 1.807) is 4.90 Å². The third-order valence-corrected chi connectivity index (χ3v) is 4.59. The lowest BCUT2D eigenvalue weighted by Crippen LogP contribution is -2.38. The lowest BCUT2D eigenvalue weighted by atomic mass is 10.1. The van der Waals surface area contributed by atoms with Gasteiger partial charge in [-0.1, -0.05) is 50.7 Å². The maximum absolute atomic E-state index is 12.4. The van der Waals surface area contributed by atoms with E-state index < -0.39 is 12.1 Å². The Morgan fingerprint density at radius 3 is 2.85 bits per heavy atom. The van der Waals surface area contributed by atoms with E-state index in [1.165, 1.54) is 0 Å². The van der Waals surface area contributed by atoms with Crippen molar-refractivity contribution in [2.24, 2.45) is 0 Å². The summed E-state index contributed by atoms with van der Waals surface area (Å²) in [6, 6.07) is -0.0147. The van der Waals surface area contributed by atoms with Crippen molar-refractivity contribution >= 4 is 11.9 Å². The molecule has 2 atom stereocenters. The second kappa shape index (κ2) is 13.4. The number of likely N-dealkylation sites (tertiary alicyclic amines) is 1. The van der Waals surface area contributed by atoms with Crippen LogP contribution in [0.2, 0.25) is 0 Å². The van der Waals surface area contributed by atoms with Crippen molar-refractivity contribution in [3.8, 4) is 11.8 Å². The van der Waals surface area contributed by atoms with Gasteiger partial charge in [-0.05, 0) is 25.7 Å². The largest absolute Gasteiger partial charge is 0.481 e. The van der Waals surface area contributed by atoms with E-state index in [4.69, 9.17) is 5.11 Å². The second-order valence-electron chi connectivity index (χ2n) is 6.88. The minimum atomic E-state index is -0.808. The molecule has 1 rings (SSSR count). The normalized spacial score (nSPS) is 19.1. The number of hydrogen-bond acceptors (Lipinski definition) is 3. The molecule has 0 spiro atoms. The quantitative estimate of drug-likeness (QED) is 0.354. The van der Waals surface area contributed by atoms with Gasteiger partial charge in [0.1, 0.15) is 0 Å². The first-order valence-corrected chi connectivity index (χ1v) is 9.88. The van der Waals surface area contributed by atoms with Gasteiger partial charge in [0.05, 0.1) is 18.7 Å². The van der Waals surface area contributed by atoms with Gasteiger partial charge in [-0.3, -0.25) is 9.59 Å². The predicted octanol–water partition coefficient (Wildman–Crippen LogP) is 3.51. The maximum atomic E-state index is 12.4. The summed E-state index contributed by atoms with van der Waals surface area (Å²) in [7, 11) is 0. The zero-order valence-corrected chi connectivity index (χ0v) is 16.0. The minimum absolute atomic E-state index is 0.0147. The fraction of sp³-hybridized carbons (Fsp3) is 0.714. The summed E-state index contributed by atoms with van der Waals surface area (Å²) in [4.78, 5) is 24.7. The second-order valence-corrected chi connectivity index (χ2v) is 6.88. The van der Waals surface area contributed by atoms with Crippen molar-refractivity contribution in [2.75, 3.05) is 6.54 Å². The third-order valence-electron chi connectivity index (χ3n) is 4.59. The van der Waals surface area contributed by atoms with Crippen molar-refractivity contribution in [3.05, 3.63) is 12.2 Å². The Balaban J connectivity index is 2.57. The van der Waals surface area contributed by atoms with Gasteiger partial charge in [0.2, 0.25) is 5.91 Å². The first-order chi connectivity index (χ1) is 12.5. The van der Waals surface area contributed by atoms with E-state index in [0.717, 1.165) is 44.9 Å². The molecule has 1 amide bonds. The molecule has 146 valence electrons. The number of aliphatic hydroxyl groups is 1. The van der Waals surface area contributed by atoms with Crippen molar-refractivity contribution in [1.82, 2.24) is 4.90 Å². The molecule has 2 N–H and O–H groups in total. The van der Waals surface area contributed by atoms with Gasteiger partial charge in [-0.15, -0.1) is 5.92 Å². The van der Waals surface area contributed by atoms with E-state index in [1.807, 2.05) is 12.2 Å². The number of rotatable bonds is 10. The van der Waals surface area contributed by atoms with E-state index in [0.29, 0.717) is 25.8 Å². The molecule has 5 nitrogen and oxygen atoms in total. The summed E-state index contributed by atoms with van der Waals surface area (Å²) in [6.45, 7) is 2.51. The average molecular weight is 363 g/mol. The van der Waals surface area contributed by atoms with Gasteiger partial charge < -0.3 is 15.1 Å². The zero-order chi connectivity index (χ0) is 19.2. The van der Waals surface area contributed by atoms with Crippen LogP contribution in [0, 0.1) is 11.8 Å². The van der Waals surface area contributed by atoms with Crippen molar-refractivity contribution < 1.29 is 19.8 Å². The van der Waals surface area contributed by atoms with Crippen LogP contribution >= 0.6 is 0 Å². The Morgan fingerprint density at radius 1 is 1.31 bits per heavy atom. The number of unbranched alkanes of at least 4 members (excludes halogenated alkanes) is 3. The summed E-state index contributed by atoms with van der Waals surface area (Å²) >= 11 is 0. The zero-order valence-electron chi connectivity index (χ0n) is 16.0. The van der Waals surface area contributed by atoms with Gasteiger partial charge >= 0.3 is 5.97 Å². The highest BCUT2D eigenvalue weighted by molar-refractivity contribution is 5.77. The van der Waals surface area contributed by atoms with Crippen molar-refractivity contribution in [3.63, 3.8) is 0 Å². The van der Waals surface area contributed by atoms with Crippen LogP contribution in [0.5, 0.6) is 0 Å². The van der Waals surface area contributed by atoms with E-state index in [9.17, 15) is 14.7 Å². The number of amides is 1. The third kappa shape index (κ3) is 9.62. The van der Waals surface area contributed by atoms with Gasteiger partial charge in [0.15, 0.2) is 0 Å². The molecule has 1 fully saturated rings. The molecule has 0 aromatic heterocycles. The SMILES string of the molecule is CCCCCC(O)/C=C/[C@H]1CCCCC(=O)N1CC#CCCCC(=O)O. The number of aliphatic carboxylic acids is 1. The predicted molar refractivity (Wildman–Crippen MR) is 103 cm³/mol. The Morgan fingerprint density at radius 2 is 2.12 bits per heavy atom. The fourth-order valence-electron chi connectivity index (χ4n) is 3.03. The van der Waals surface area contributed by atoms with E-state index in [-0.39, 0.29) is 18.4 Å². The molecule has 26 heavy (non-hydrogen) atoms. The molecular weight excluding hydrogens is 330 g/mol. The maximum Gasteiger partial charge on any atom is 0.303 e. The first kappa shape index (κ1) is 22.2. The smallest absolute Gasteiger partial charge is 0.303 e. The highest BCUT2D eigenvalue weighted by atomic mass is 16.4. The molecular formula is C21H33NO4. The molecule has 5 heteroatoms. The molecule has 0 aromatic carbocycles. The van der Waals surface area contributed by atoms with Crippen LogP contribution in [-0.2, 0) is 9.59 Å². The molecule has 1 unspecified atom stereocenters. The minimum Gasteiger partial charge on any atom is -0.481 e. The number of carboxylic acids is 1. The van der Waals surface area contributed by atoms with Crippen LogP contribution in [0.4, 0.5) is 0 Å². The average Bonchev–Trinajstić information content (AvgIpc) is 2.77. The number of nitrogens with zero attached hydrogens (tertiary/aromatic N) is 1. The molecule has 1 aliphatic rings. The molecule has 1 aliphatic heterocycles. The Labute approximate surface area is 157 Å². The Bertz CT molecular complexity index is 518. The first-order valence-electron chi connectivity index (χ1n) is 9.88. The van der Waals surface area contributed by atoms with Gasteiger partial charge in [0.25, 0.3) is 0 Å². The number of aliphatic hydroxyl groups excluding tert-OH is 1. The molecule has 0 saturated carbocycles. The Kier molecular flexibility index (Phi) is 11.5. The van der Waals surface area contributed by atoms with Crippen LogP contribution < -0.4 is 0 Å². The summed E-state index contributed by atoms with van der Waals surface area (Å²) in [5, 5.41) is 18.7. The summed E-state index contributed by atoms with van der Waals surface area (Å²) in [5.74, 6) is 5.28. The molecule has 0 aliphatic carbocycles. The van der Waals surface area contributed by atoms with Gasteiger partial charge in [-0.25, -0.2) is 0 Å². The van der Waals surface area contributed by atoms with Crippen molar-refractivity contribution in [2.45, 2.75) is 89.7 Å².